The van der Waals surface area contributed by atoms with Crippen molar-refractivity contribution < 1.29 is 9.45 Å². The van der Waals surface area contributed by atoms with E-state index in [9.17, 15) is 4.79 Å². The van der Waals surface area contributed by atoms with Crippen LogP contribution in [0.15, 0.2) is 66.7 Å². The number of hydrogen-bond donors (Lipinski definition) is 0. The first-order valence-electron chi connectivity index (χ1n) is 6.30. The molecule has 2 aromatic carbocycles. The molecule has 0 radical (unpaired) electrons. The van der Waals surface area contributed by atoms with Crippen LogP contribution in [0.25, 0.3) is 5.76 Å². The Hall–Kier alpha value is -2.29. The Morgan fingerprint density at radius 3 is 2.00 bits per heavy atom. The fourth-order valence-electron chi connectivity index (χ4n) is 1.77. The van der Waals surface area contributed by atoms with Gasteiger partial charge in [-0.3, -0.25) is 4.79 Å². The van der Waals surface area contributed by atoms with Crippen LogP contribution in [0.5, 0.6) is 0 Å². The monoisotopic (exact) mass is 250 g/mol. The zero-order chi connectivity index (χ0) is 13.5. The van der Waals surface area contributed by atoms with Crippen LogP contribution in [0, 0.1) is 0 Å². The van der Waals surface area contributed by atoms with Gasteiger partial charge < -0.3 is 4.65 Å². The lowest BCUT2D eigenvalue weighted by molar-refractivity contribution is 0.104. The summed E-state index contributed by atoms with van der Waals surface area (Å²) in [6.45, 7) is 1.91. The number of carbonyl (C=O) groups excluding carboxylic acids is 1. The largest absolute Gasteiger partial charge is 0.564 e. The maximum atomic E-state index is 12.1. The van der Waals surface area contributed by atoms with Crippen LogP contribution in [-0.4, -0.2) is 13.3 Å². The summed E-state index contributed by atoms with van der Waals surface area (Å²) in [5, 5.41) is 0. The van der Waals surface area contributed by atoms with Crippen LogP contribution in [0.1, 0.15) is 15.9 Å². The molecule has 0 aliphatic carbocycles. The van der Waals surface area contributed by atoms with Crippen molar-refractivity contribution >= 4 is 19.0 Å². The number of hydrogen-bond acceptors (Lipinski definition) is 2. The van der Waals surface area contributed by atoms with Gasteiger partial charge in [-0.05, 0) is 0 Å². The summed E-state index contributed by atoms with van der Waals surface area (Å²) in [5.41, 5.74) is 1.57. The topological polar surface area (TPSA) is 26.3 Å². The van der Waals surface area contributed by atoms with Crippen LogP contribution >= 0.6 is 0 Å². The fourth-order valence-corrected chi connectivity index (χ4v) is 1.77. The Labute approximate surface area is 114 Å². The molecule has 0 unspecified atom stereocenters. The lowest BCUT2D eigenvalue weighted by atomic mass is 10.0. The predicted octanol–water partition coefficient (Wildman–Crippen LogP) is 3.33. The van der Waals surface area contributed by atoms with Gasteiger partial charge in [0.15, 0.2) is 5.78 Å². The highest BCUT2D eigenvalue weighted by Gasteiger charge is 2.07. The fraction of sp³-hybridized carbons (Fsp3) is 0.0625. The van der Waals surface area contributed by atoms with Crippen LogP contribution in [0.4, 0.5) is 0 Å². The molecule has 2 rings (SSSR count). The third kappa shape index (κ3) is 3.58. The molecule has 94 valence electrons. The standard InChI is InChI=1S/C16H15BO2/c1-17-19-16(14-10-6-3-7-11-14)12-15(18)13-8-4-2-5-9-13/h2-12,17H,1H3/b16-12-. The molecule has 0 aliphatic rings. The van der Waals surface area contributed by atoms with Crippen molar-refractivity contribution in [1.29, 1.82) is 0 Å². The summed E-state index contributed by atoms with van der Waals surface area (Å²) in [5.74, 6) is 0.560. The van der Waals surface area contributed by atoms with Gasteiger partial charge >= 0.3 is 7.48 Å². The van der Waals surface area contributed by atoms with Gasteiger partial charge in [0.2, 0.25) is 0 Å². The third-order valence-corrected chi connectivity index (χ3v) is 2.68. The van der Waals surface area contributed by atoms with E-state index in [1.165, 1.54) is 0 Å². The van der Waals surface area contributed by atoms with Crippen LogP contribution in [-0.2, 0) is 4.65 Å². The minimum atomic E-state index is -0.0482. The van der Waals surface area contributed by atoms with Crippen molar-refractivity contribution in [1.82, 2.24) is 0 Å². The molecule has 0 amide bonds. The maximum absolute atomic E-state index is 12.1. The van der Waals surface area contributed by atoms with Gasteiger partial charge in [0.1, 0.15) is 5.76 Å². The second kappa shape index (κ2) is 6.59. The normalized spacial score (nSPS) is 10.9. The van der Waals surface area contributed by atoms with Crippen molar-refractivity contribution in [2.24, 2.45) is 0 Å². The summed E-state index contributed by atoms with van der Waals surface area (Å²) < 4.78 is 5.56. The highest BCUT2D eigenvalue weighted by atomic mass is 16.4. The van der Waals surface area contributed by atoms with Gasteiger partial charge in [0.25, 0.3) is 0 Å². The van der Waals surface area contributed by atoms with E-state index in [1.807, 2.05) is 55.4 Å². The molecule has 0 spiro atoms. The summed E-state index contributed by atoms with van der Waals surface area (Å²) in [7, 11) is 0.531. The van der Waals surface area contributed by atoms with Crippen LogP contribution in [0.2, 0.25) is 6.82 Å². The number of allylic oxidation sites excluding steroid dienone is 1. The molecular weight excluding hydrogens is 235 g/mol. The van der Waals surface area contributed by atoms with Gasteiger partial charge in [-0.15, -0.1) is 0 Å². The Kier molecular flexibility index (Phi) is 4.57. The Morgan fingerprint density at radius 1 is 0.947 bits per heavy atom. The quantitative estimate of drug-likeness (QED) is 0.352. The van der Waals surface area contributed by atoms with E-state index >= 15 is 0 Å². The average molecular weight is 250 g/mol. The maximum Gasteiger partial charge on any atom is 0.336 e. The minimum absolute atomic E-state index is 0.0482. The Morgan fingerprint density at radius 2 is 1.47 bits per heavy atom. The molecular formula is C16H15BO2. The first-order chi connectivity index (χ1) is 9.31. The van der Waals surface area contributed by atoms with Crippen molar-refractivity contribution in [2.45, 2.75) is 6.82 Å². The van der Waals surface area contributed by atoms with Crippen LogP contribution in [0.3, 0.4) is 0 Å². The Balaban J connectivity index is 2.29. The molecule has 0 saturated carbocycles. The molecule has 0 N–H and O–H groups in total. The first-order valence-corrected chi connectivity index (χ1v) is 6.30. The SMILES string of the molecule is CBO/C(=C\C(=O)c1ccccc1)c1ccccc1. The van der Waals surface area contributed by atoms with Crippen LogP contribution < -0.4 is 0 Å². The van der Waals surface area contributed by atoms with Gasteiger partial charge in [0.05, 0.1) is 0 Å². The summed E-state index contributed by atoms with van der Waals surface area (Å²) >= 11 is 0. The van der Waals surface area contributed by atoms with Crippen molar-refractivity contribution in [2.75, 3.05) is 0 Å². The highest BCUT2D eigenvalue weighted by molar-refractivity contribution is 6.27. The predicted molar refractivity (Wildman–Crippen MR) is 79.3 cm³/mol. The van der Waals surface area contributed by atoms with Crippen molar-refractivity contribution in [3.63, 3.8) is 0 Å². The number of carbonyl (C=O) groups is 1. The minimum Gasteiger partial charge on any atom is -0.564 e. The van der Waals surface area contributed by atoms with Gasteiger partial charge in [-0.1, -0.05) is 67.5 Å². The van der Waals surface area contributed by atoms with Gasteiger partial charge in [-0.2, -0.15) is 0 Å². The smallest absolute Gasteiger partial charge is 0.336 e. The lowest BCUT2D eigenvalue weighted by Gasteiger charge is -2.08. The van der Waals surface area contributed by atoms with E-state index in [-0.39, 0.29) is 5.78 Å². The van der Waals surface area contributed by atoms with E-state index in [0.717, 1.165) is 5.56 Å². The molecule has 3 heteroatoms. The molecule has 19 heavy (non-hydrogen) atoms. The van der Waals surface area contributed by atoms with E-state index in [4.69, 9.17) is 4.65 Å². The zero-order valence-electron chi connectivity index (χ0n) is 10.9. The van der Waals surface area contributed by atoms with Crippen molar-refractivity contribution in [3.8, 4) is 0 Å². The highest BCUT2D eigenvalue weighted by Crippen LogP contribution is 2.16. The number of benzene rings is 2. The molecule has 0 saturated heterocycles. The summed E-state index contributed by atoms with van der Waals surface area (Å²) in [4.78, 5) is 12.1. The molecule has 0 bridgehead atoms. The first kappa shape index (κ1) is 13.2. The number of rotatable bonds is 5. The zero-order valence-corrected chi connectivity index (χ0v) is 10.9. The van der Waals surface area contributed by atoms with Gasteiger partial charge in [0, 0.05) is 17.2 Å². The molecule has 0 aliphatic heterocycles. The van der Waals surface area contributed by atoms with Crippen molar-refractivity contribution in [3.05, 3.63) is 77.9 Å². The Bertz CT molecular complexity index is 562. The summed E-state index contributed by atoms with van der Waals surface area (Å²) in [6, 6.07) is 18.8. The third-order valence-electron chi connectivity index (χ3n) is 2.68. The second-order valence-corrected chi connectivity index (χ2v) is 4.04. The molecule has 0 heterocycles. The van der Waals surface area contributed by atoms with Gasteiger partial charge in [-0.25, -0.2) is 0 Å². The van der Waals surface area contributed by atoms with E-state index in [0.29, 0.717) is 18.8 Å². The molecule has 2 nitrogen and oxygen atoms in total. The van der Waals surface area contributed by atoms with E-state index in [1.54, 1.807) is 18.2 Å². The molecule has 2 aromatic rings. The van der Waals surface area contributed by atoms with E-state index < -0.39 is 0 Å². The second-order valence-electron chi connectivity index (χ2n) is 4.04. The van der Waals surface area contributed by atoms with E-state index in [2.05, 4.69) is 0 Å². The molecule has 0 aromatic heterocycles. The number of ketones is 1. The molecule has 0 atom stereocenters. The average Bonchev–Trinajstić information content (AvgIpc) is 2.48. The molecule has 0 fully saturated rings. The summed E-state index contributed by atoms with van der Waals surface area (Å²) in [6.07, 6.45) is 1.55. The lowest BCUT2D eigenvalue weighted by Crippen LogP contribution is -2.00.